The van der Waals surface area contributed by atoms with Crippen molar-refractivity contribution in [1.29, 1.82) is 0 Å². The monoisotopic (exact) mass is 310 g/mol. The Labute approximate surface area is 127 Å². The van der Waals surface area contributed by atoms with Crippen LogP contribution in [-0.4, -0.2) is 20.0 Å². The summed E-state index contributed by atoms with van der Waals surface area (Å²) in [6, 6.07) is 9.96. The Bertz CT molecular complexity index is 654. The molecule has 20 heavy (non-hydrogen) atoms. The van der Waals surface area contributed by atoms with E-state index in [1.54, 1.807) is 30.3 Å². The van der Waals surface area contributed by atoms with Crippen LogP contribution >= 0.6 is 23.2 Å². The highest BCUT2D eigenvalue weighted by atomic mass is 35.5. The molecule has 0 saturated carbocycles. The van der Waals surface area contributed by atoms with Crippen molar-refractivity contribution in [2.75, 3.05) is 14.2 Å². The van der Waals surface area contributed by atoms with Crippen LogP contribution < -0.4 is 9.47 Å². The Hall–Kier alpha value is -1.71. The molecule has 2 rings (SSSR count). The molecule has 3 nitrogen and oxygen atoms in total. The molecule has 2 aromatic rings. The summed E-state index contributed by atoms with van der Waals surface area (Å²) in [6.07, 6.45) is 0. The zero-order valence-electron chi connectivity index (χ0n) is 10.9. The van der Waals surface area contributed by atoms with E-state index in [4.69, 9.17) is 32.7 Å². The highest BCUT2D eigenvalue weighted by Crippen LogP contribution is 2.36. The second kappa shape index (κ2) is 6.16. The molecule has 2 aromatic carbocycles. The van der Waals surface area contributed by atoms with Gasteiger partial charge in [-0.1, -0.05) is 35.3 Å². The van der Waals surface area contributed by atoms with Gasteiger partial charge in [-0.25, -0.2) is 0 Å². The van der Waals surface area contributed by atoms with Crippen LogP contribution in [0.4, 0.5) is 0 Å². The minimum atomic E-state index is -0.224. The first kappa shape index (κ1) is 14.7. The molecular formula is C15H12Cl2O3. The zero-order valence-corrected chi connectivity index (χ0v) is 12.5. The van der Waals surface area contributed by atoms with Crippen molar-refractivity contribution < 1.29 is 14.3 Å². The van der Waals surface area contributed by atoms with Crippen LogP contribution in [-0.2, 0) is 0 Å². The fraction of sp³-hybridized carbons (Fsp3) is 0.133. The fourth-order valence-electron chi connectivity index (χ4n) is 1.85. The number of ketones is 1. The van der Waals surface area contributed by atoms with Crippen LogP contribution in [0.15, 0.2) is 36.4 Å². The number of hydrogen-bond acceptors (Lipinski definition) is 3. The predicted molar refractivity (Wildman–Crippen MR) is 79.4 cm³/mol. The number of carbonyl (C=O) groups is 1. The maximum absolute atomic E-state index is 12.4. The van der Waals surface area contributed by atoms with E-state index in [0.29, 0.717) is 32.7 Å². The summed E-state index contributed by atoms with van der Waals surface area (Å²) >= 11 is 12.1. The quantitative estimate of drug-likeness (QED) is 0.792. The molecule has 0 atom stereocenters. The zero-order chi connectivity index (χ0) is 14.7. The van der Waals surface area contributed by atoms with E-state index in [-0.39, 0.29) is 5.78 Å². The Morgan fingerprint density at radius 1 is 1.00 bits per heavy atom. The summed E-state index contributed by atoms with van der Waals surface area (Å²) in [5.74, 6) is 0.568. The average molecular weight is 311 g/mol. The number of hydrogen-bond donors (Lipinski definition) is 0. The maximum atomic E-state index is 12.4. The highest BCUT2D eigenvalue weighted by molar-refractivity contribution is 6.35. The highest BCUT2D eigenvalue weighted by Gasteiger charge is 2.17. The molecule has 0 amide bonds. The number of methoxy groups -OCH3 is 2. The van der Waals surface area contributed by atoms with Gasteiger partial charge < -0.3 is 9.47 Å². The molecule has 5 heteroatoms. The molecule has 0 saturated heterocycles. The van der Waals surface area contributed by atoms with Crippen LogP contribution in [0.1, 0.15) is 15.9 Å². The van der Waals surface area contributed by atoms with E-state index in [1.807, 2.05) is 0 Å². The summed E-state index contributed by atoms with van der Waals surface area (Å²) in [7, 11) is 2.97. The summed E-state index contributed by atoms with van der Waals surface area (Å²) in [6.45, 7) is 0. The third-order valence-electron chi connectivity index (χ3n) is 2.81. The topological polar surface area (TPSA) is 35.5 Å². The van der Waals surface area contributed by atoms with E-state index >= 15 is 0 Å². The molecule has 0 aliphatic carbocycles. The molecule has 0 spiro atoms. The predicted octanol–water partition coefficient (Wildman–Crippen LogP) is 4.24. The molecule has 0 bridgehead atoms. The number of ether oxygens (including phenoxy) is 2. The molecular weight excluding hydrogens is 299 g/mol. The van der Waals surface area contributed by atoms with Gasteiger partial charge >= 0.3 is 0 Å². The van der Waals surface area contributed by atoms with Gasteiger partial charge in [0.05, 0.1) is 24.3 Å². The van der Waals surface area contributed by atoms with Gasteiger partial charge in [-0.2, -0.15) is 0 Å². The second-order valence-corrected chi connectivity index (χ2v) is 4.82. The van der Waals surface area contributed by atoms with E-state index < -0.39 is 0 Å². The van der Waals surface area contributed by atoms with Gasteiger partial charge in [0.25, 0.3) is 0 Å². The molecule has 0 unspecified atom stereocenters. The number of carbonyl (C=O) groups excluding carboxylic acids is 1. The Balaban J connectivity index is 2.51. The molecule has 104 valence electrons. The molecule has 0 radical (unpaired) electrons. The van der Waals surface area contributed by atoms with Crippen molar-refractivity contribution in [3.8, 4) is 11.5 Å². The SMILES string of the molecule is COc1cc(C(=O)c2ccccc2Cl)cc(Cl)c1OC. The first-order valence-corrected chi connectivity index (χ1v) is 6.54. The third-order valence-corrected chi connectivity index (χ3v) is 3.42. The van der Waals surface area contributed by atoms with Gasteiger partial charge in [0.15, 0.2) is 17.3 Å². The van der Waals surface area contributed by atoms with Gasteiger partial charge in [-0.3, -0.25) is 4.79 Å². The number of halogens is 2. The van der Waals surface area contributed by atoms with Crippen LogP contribution in [0, 0.1) is 0 Å². The van der Waals surface area contributed by atoms with Crippen LogP contribution in [0.25, 0.3) is 0 Å². The second-order valence-electron chi connectivity index (χ2n) is 4.00. The number of benzene rings is 2. The van der Waals surface area contributed by atoms with Gasteiger partial charge in [0.1, 0.15) is 0 Å². The van der Waals surface area contributed by atoms with Crippen molar-refractivity contribution in [2.24, 2.45) is 0 Å². The molecule has 0 aromatic heterocycles. The molecule has 0 fully saturated rings. The summed E-state index contributed by atoms with van der Waals surface area (Å²) in [5.41, 5.74) is 0.804. The Morgan fingerprint density at radius 2 is 1.70 bits per heavy atom. The van der Waals surface area contributed by atoms with Crippen molar-refractivity contribution in [3.63, 3.8) is 0 Å². The van der Waals surface area contributed by atoms with E-state index in [1.165, 1.54) is 20.3 Å². The van der Waals surface area contributed by atoms with Gasteiger partial charge in [0.2, 0.25) is 0 Å². The lowest BCUT2D eigenvalue weighted by molar-refractivity contribution is 0.103. The lowest BCUT2D eigenvalue weighted by Crippen LogP contribution is -2.03. The average Bonchev–Trinajstić information content (AvgIpc) is 2.46. The Kier molecular flexibility index (Phi) is 4.53. The lowest BCUT2D eigenvalue weighted by atomic mass is 10.0. The standard InChI is InChI=1S/C15H12Cl2O3/c1-19-13-8-9(7-12(17)15(13)20-2)14(18)10-5-3-4-6-11(10)16/h3-8H,1-2H3. The molecule has 0 aliphatic heterocycles. The van der Waals surface area contributed by atoms with Crippen LogP contribution in [0.5, 0.6) is 11.5 Å². The minimum Gasteiger partial charge on any atom is -0.493 e. The minimum absolute atomic E-state index is 0.224. The van der Waals surface area contributed by atoms with E-state index in [2.05, 4.69) is 0 Å². The van der Waals surface area contributed by atoms with Crippen molar-refractivity contribution in [3.05, 3.63) is 57.6 Å². The first-order valence-electron chi connectivity index (χ1n) is 5.79. The van der Waals surface area contributed by atoms with Crippen molar-refractivity contribution in [2.45, 2.75) is 0 Å². The molecule has 0 heterocycles. The van der Waals surface area contributed by atoms with Gasteiger partial charge in [0, 0.05) is 11.1 Å². The van der Waals surface area contributed by atoms with Crippen LogP contribution in [0.2, 0.25) is 10.0 Å². The Morgan fingerprint density at radius 3 is 2.30 bits per heavy atom. The third kappa shape index (κ3) is 2.74. The summed E-state index contributed by atoms with van der Waals surface area (Å²) in [5, 5.41) is 0.700. The van der Waals surface area contributed by atoms with E-state index in [0.717, 1.165) is 0 Å². The summed E-state index contributed by atoms with van der Waals surface area (Å²) in [4.78, 5) is 12.4. The number of rotatable bonds is 4. The normalized spacial score (nSPS) is 10.2. The molecule has 0 aliphatic rings. The fourth-order valence-corrected chi connectivity index (χ4v) is 2.36. The van der Waals surface area contributed by atoms with Gasteiger partial charge in [-0.15, -0.1) is 0 Å². The molecule has 0 N–H and O–H groups in total. The maximum Gasteiger partial charge on any atom is 0.194 e. The van der Waals surface area contributed by atoms with E-state index in [9.17, 15) is 4.79 Å². The lowest BCUT2D eigenvalue weighted by Gasteiger charge is -2.11. The largest absolute Gasteiger partial charge is 0.493 e. The smallest absolute Gasteiger partial charge is 0.194 e. The van der Waals surface area contributed by atoms with Crippen molar-refractivity contribution in [1.82, 2.24) is 0 Å². The summed E-state index contributed by atoms with van der Waals surface area (Å²) < 4.78 is 10.3. The van der Waals surface area contributed by atoms with Crippen molar-refractivity contribution >= 4 is 29.0 Å². The van der Waals surface area contributed by atoms with Gasteiger partial charge in [-0.05, 0) is 24.3 Å². The first-order chi connectivity index (χ1) is 9.58. The van der Waals surface area contributed by atoms with Crippen LogP contribution in [0.3, 0.4) is 0 Å².